The maximum atomic E-state index is 11.2. The van der Waals surface area contributed by atoms with Gasteiger partial charge >= 0.3 is 0 Å². The first-order chi connectivity index (χ1) is 14.2. The summed E-state index contributed by atoms with van der Waals surface area (Å²) >= 11 is 1.60. The lowest BCUT2D eigenvalue weighted by molar-refractivity contribution is -0.0713. The van der Waals surface area contributed by atoms with Crippen molar-refractivity contribution in [3.63, 3.8) is 0 Å². The molecule has 3 aromatic rings. The second kappa shape index (κ2) is 7.72. The molecule has 1 unspecified atom stereocenters. The van der Waals surface area contributed by atoms with Gasteiger partial charge in [0, 0.05) is 36.8 Å². The van der Waals surface area contributed by atoms with Crippen LogP contribution in [-0.2, 0) is 6.42 Å². The predicted octanol–water partition coefficient (Wildman–Crippen LogP) is 3.60. The Balaban J connectivity index is 1.50. The number of benzene rings is 1. The van der Waals surface area contributed by atoms with Gasteiger partial charge in [-0.1, -0.05) is 42.2 Å². The second-order valence-corrected chi connectivity index (χ2v) is 8.92. The quantitative estimate of drug-likeness (QED) is 0.682. The number of fused-ring (bicyclic) bond motifs is 3. The Kier molecular flexibility index (Phi) is 4.92. The molecule has 5 heteroatoms. The van der Waals surface area contributed by atoms with Gasteiger partial charge in [-0.15, -0.1) is 11.3 Å². The van der Waals surface area contributed by atoms with E-state index in [1.54, 1.807) is 23.7 Å². The number of pyridine rings is 1. The minimum absolute atomic E-state index is 0.283. The summed E-state index contributed by atoms with van der Waals surface area (Å²) < 4.78 is 0. The van der Waals surface area contributed by atoms with Gasteiger partial charge in [-0.2, -0.15) is 0 Å². The van der Waals surface area contributed by atoms with Crippen molar-refractivity contribution in [2.24, 2.45) is 5.92 Å². The largest absolute Gasteiger partial charge is 0.376 e. The number of piperidine rings is 3. The molecule has 1 atom stereocenters. The molecule has 0 aliphatic carbocycles. The van der Waals surface area contributed by atoms with Crippen molar-refractivity contribution in [1.29, 1.82) is 0 Å². The number of aromatic nitrogens is 2. The molecule has 0 saturated carbocycles. The molecule has 0 amide bonds. The van der Waals surface area contributed by atoms with Crippen molar-refractivity contribution < 1.29 is 5.11 Å². The first kappa shape index (κ1) is 18.5. The molecule has 3 aliphatic heterocycles. The smallest absolute Gasteiger partial charge is 0.141 e. The van der Waals surface area contributed by atoms with E-state index in [1.807, 2.05) is 30.3 Å². The van der Waals surface area contributed by atoms with Gasteiger partial charge < -0.3 is 5.11 Å². The van der Waals surface area contributed by atoms with Crippen LogP contribution in [0.15, 0.2) is 54.9 Å². The van der Waals surface area contributed by atoms with Crippen molar-refractivity contribution in [3.8, 4) is 22.4 Å². The summed E-state index contributed by atoms with van der Waals surface area (Å²) in [7, 11) is 0. The third-order valence-corrected chi connectivity index (χ3v) is 7.02. The van der Waals surface area contributed by atoms with Gasteiger partial charge in [-0.3, -0.25) is 9.88 Å². The number of hydrogen-bond acceptors (Lipinski definition) is 5. The summed E-state index contributed by atoms with van der Waals surface area (Å²) in [4.78, 5) is 12.3. The van der Waals surface area contributed by atoms with E-state index in [0.717, 1.165) is 53.5 Å². The minimum atomic E-state index is -0.901. The Bertz CT molecular complexity index is 1050. The third-order valence-electron chi connectivity index (χ3n) is 5.96. The van der Waals surface area contributed by atoms with Crippen LogP contribution in [0.3, 0.4) is 0 Å². The molecule has 4 nitrogen and oxygen atoms in total. The molecular formula is C24H23N3OS. The molecule has 0 radical (unpaired) electrons. The summed E-state index contributed by atoms with van der Waals surface area (Å²) in [5.41, 5.74) is 2.34. The van der Waals surface area contributed by atoms with E-state index in [2.05, 4.69) is 33.9 Å². The lowest BCUT2D eigenvalue weighted by atomic mass is 9.76. The normalized spacial score (nSPS) is 25.4. The van der Waals surface area contributed by atoms with E-state index in [-0.39, 0.29) is 5.92 Å². The van der Waals surface area contributed by atoms with Crippen LogP contribution in [0.1, 0.15) is 29.0 Å². The fraction of sp³-hybridized carbons (Fsp3) is 0.333. The van der Waals surface area contributed by atoms with Gasteiger partial charge in [0.15, 0.2) is 0 Å². The van der Waals surface area contributed by atoms with Crippen LogP contribution in [0.2, 0.25) is 0 Å². The zero-order valence-corrected chi connectivity index (χ0v) is 17.0. The van der Waals surface area contributed by atoms with Crippen LogP contribution < -0.4 is 0 Å². The summed E-state index contributed by atoms with van der Waals surface area (Å²) in [6, 6.07) is 14.3. The summed E-state index contributed by atoms with van der Waals surface area (Å²) in [5, 5.41) is 12.1. The Labute approximate surface area is 175 Å². The van der Waals surface area contributed by atoms with E-state index in [1.165, 1.54) is 5.56 Å². The monoisotopic (exact) mass is 401 g/mol. The topological polar surface area (TPSA) is 49.3 Å². The lowest BCUT2D eigenvalue weighted by Crippen LogP contribution is -2.58. The van der Waals surface area contributed by atoms with E-state index >= 15 is 0 Å². The molecule has 1 N–H and O–H groups in total. The van der Waals surface area contributed by atoms with E-state index in [9.17, 15) is 5.11 Å². The molecule has 3 aliphatic rings. The van der Waals surface area contributed by atoms with Crippen molar-refractivity contribution >= 4 is 11.3 Å². The van der Waals surface area contributed by atoms with Gasteiger partial charge in [-0.25, -0.2) is 4.98 Å². The summed E-state index contributed by atoms with van der Waals surface area (Å²) in [6.45, 7) is 2.83. The summed E-state index contributed by atoms with van der Waals surface area (Å²) in [6.07, 6.45) is 6.38. The summed E-state index contributed by atoms with van der Waals surface area (Å²) in [5.74, 6) is 6.87. The molecule has 3 saturated heterocycles. The zero-order valence-electron chi connectivity index (χ0n) is 16.2. The van der Waals surface area contributed by atoms with Crippen molar-refractivity contribution in [3.05, 3.63) is 71.0 Å². The number of hydrogen-bond donors (Lipinski definition) is 1. The highest BCUT2D eigenvalue weighted by Gasteiger charge is 2.44. The highest BCUT2D eigenvalue weighted by Crippen LogP contribution is 2.35. The molecule has 146 valence electrons. The Morgan fingerprint density at radius 2 is 1.86 bits per heavy atom. The molecule has 29 heavy (non-hydrogen) atoms. The van der Waals surface area contributed by atoms with E-state index < -0.39 is 5.60 Å². The van der Waals surface area contributed by atoms with Crippen LogP contribution in [0, 0.1) is 17.8 Å². The van der Waals surface area contributed by atoms with Crippen LogP contribution in [0.25, 0.3) is 10.6 Å². The SMILES string of the molecule is OC1(C#Cc2sc(-c3ccncc3)nc2Cc2ccccc2)CN2CCC1CC2. The second-order valence-electron chi connectivity index (χ2n) is 7.92. The number of aliphatic hydroxyl groups is 1. The third kappa shape index (κ3) is 3.84. The predicted molar refractivity (Wildman–Crippen MR) is 116 cm³/mol. The maximum Gasteiger partial charge on any atom is 0.141 e. The van der Waals surface area contributed by atoms with Gasteiger partial charge in [0.1, 0.15) is 15.5 Å². The van der Waals surface area contributed by atoms with Crippen molar-refractivity contribution in [2.45, 2.75) is 24.9 Å². The van der Waals surface area contributed by atoms with Crippen LogP contribution in [0.4, 0.5) is 0 Å². The van der Waals surface area contributed by atoms with Crippen LogP contribution in [0.5, 0.6) is 0 Å². The number of nitrogens with zero attached hydrogens (tertiary/aromatic N) is 3. The Morgan fingerprint density at radius 3 is 2.55 bits per heavy atom. The molecule has 2 aromatic heterocycles. The van der Waals surface area contributed by atoms with Gasteiger partial charge in [0.2, 0.25) is 0 Å². The van der Waals surface area contributed by atoms with Gasteiger partial charge in [-0.05, 0) is 43.6 Å². The molecule has 0 spiro atoms. The number of thiazole rings is 1. The van der Waals surface area contributed by atoms with Crippen LogP contribution in [-0.4, -0.2) is 45.2 Å². The van der Waals surface area contributed by atoms with Crippen molar-refractivity contribution in [2.75, 3.05) is 19.6 Å². The van der Waals surface area contributed by atoms with Crippen molar-refractivity contribution in [1.82, 2.24) is 14.9 Å². The molecule has 5 heterocycles. The van der Waals surface area contributed by atoms with E-state index in [4.69, 9.17) is 4.98 Å². The first-order valence-electron chi connectivity index (χ1n) is 10.1. The zero-order chi connectivity index (χ0) is 19.7. The minimum Gasteiger partial charge on any atom is -0.376 e. The van der Waals surface area contributed by atoms with Gasteiger partial charge in [0.05, 0.1) is 5.69 Å². The van der Waals surface area contributed by atoms with E-state index in [0.29, 0.717) is 6.54 Å². The number of rotatable bonds is 3. The maximum absolute atomic E-state index is 11.2. The van der Waals surface area contributed by atoms with Gasteiger partial charge in [0.25, 0.3) is 0 Å². The standard InChI is InChI=1S/C24H23N3OS/c28-24(17-27-14-9-20(24)10-15-27)11-6-22-21(16-18-4-2-1-3-5-18)26-23(29-22)19-7-12-25-13-8-19/h1-5,7-8,12-13,20,28H,9-10,14-17H2. The molecular weight excluding hydrogens is 378 g/mol. The molecule has 1 aromatic carbocycles. The first-order valence-corrected chi connectivity index (χ1v) is 10.9. The Hall–Kier alpha value is -2.52. The average Bonchev–Trinajstić information content (AvgIpc) is 3.17. The molecule has 2 bridgehead atoms. The molecule has 3 fully saturated rings. The van der Waals surface area contributed by atoms with Crippen LogP contribution >= 0.6 is 11.3 Å². The highest BCUT2D eigenvalue weighted by molar-refractivity contribution is 7.15. The Morgan fingerprint density at radius 1 is 1.10 bits per heavy atom. The lowest BCUT2D eigenvalue weighted by Gasteiger charge is -2.47. The fourth-order valence-electron chi connectivity index (χ4n) is 4.32. The fourth-order valence-corrected chi connectivity index (χ4v) is 5.26. The highest BCUT2D eigenvalue weighted by atomic mass is 32.1. The molecule has 6 rings (SSSR count). The average molecular weight is 402 g/mol.